The number of hydrogen-bond acceptors (Lipinski definition) is 3. The van der Waals surface area contributed by atoms with E-state index in [0.29, 0.717) is 11.9 Å². The lowest BCUT2D eigenvalue weighted by molar-refractivity contribution is 0.00357. The van der Waals surface area contributed by atoms with Crippen molar-refractivity contribution in [3.05, 3.63) is 28.2 Å². The third-order valence-electron chi connectivity index (χ3n) is 3.29. The molecule has 0 aromatic heterocycles. The van der Waals surface area contributed by atoms with E-state index in [0.717, 1.165) is 42.7 Å². The lowest BCUT2D eigenvalue weighted by Gasteiger charge is -2.32. The summed E-state index contributed by atoms with van der Waals surface area (Å²) >= 11 is 3.53. The molecule has 1 saturated heterocycles. The second-order valence-electron chi connectivity index (χ2n) is 4.73. The molecular weight excluding hydrogens is 294 g/mol. The van der Waals surface area contributed by atoms with Gasteiger partial charge >= 0.3 is 0 Å². The van der Waals surface area contributed by atoms with Crippen LogP contribution in [-0.2, 0) is 11.3 Å². The van der Waals surface area contributed by atoms with Gasteiger partial charge in [-0.15, -0.1) is 0 Å². The molecule has 3 nitrogen and oxygen atoms in total. The average molecular weight is 314 g/mol. The van der Waals surface area contributed by atoms with Gasteiger partial charge in [-0.1, -0.05) is 15.9 Å². The van der Waals surface area contributed by atoms with Gasteiger partial charge in [0.25, 0.3) is 0 Å². The highest BCUT2D eigenvalue weighted by Crippen LogP contribution is 2.24. The molecular formula is C14H20BrNO2. The van der Waals surface area contributed by atoms with Gasteiger partial charge in [-0.05, 0) is 50.1 Å². The summed E-state index contributed by atoms with van der Waals surface area (Å²) in [5.41, 5.74) is 1.13. The van der Waals surface area contributed by atoms with Crippen LogP contribution >= 0.6 is 15.9 Å². The Morgan fingerprint density at radius 1 is 1.50 bits per heavy atom. The van der Waals surface area contributed by atoms with Crippen molar-refractivity contribution < 1.29 is 9.84 Å². The minimum absolute atomic E-state index is 0.326. The van der Waals surface area contributed by atoms with Gasteiger partial charge in [0.1, 0.15) is 5.75 Å². The molecule has 1 heterocycles. The predicted molar refractivity (Wildman–Crippen MR) is 75.7 cm³/mol. The van der Waals surface area contributed by atoms with Gasteiger partial charge in [-0.2, -0.15) is 0 Å². The van der Waals surface area contributed by atoms with Crippen molar-refractivity contribution in [1.82, 2.24) is 4.90 Å². The molecule has 0 bridgehead atoms. The van der Waals surface area contributed by atoms with Gasteiger partial charge in [0.05, 0.1) is 6.10 Å². The van der Waals surface area contributed by atoms with Crippen molar-refractivity contribution in [2.75, 3.05) is 19.7 Å². The average Bonchev–Trinajstić information content (AvgIpc) is 2.35. The summed E-state index contributed by atoms with van der Waals surface area (Å²) < 4.78 is 6.76. The Balaban J connectivity index is 1.98. The Hall–Kier alpha value is -0.580. The van der Waals surface area contributed by atoms with E-state index in [9.17, 15) is 5.11 Å². The zero-order valence-corrected chi connectivity index (χ0v) is 12.3. The Labute approximate surface area is 117 Å². The third kappa shape index (κ3) is 3.70. The Kier molecular flexibility index (Phi) is 5.03. The molecule has 1 atom stereocenters. The number of aromatic hydroxyl groups is 1. The van der Waals surface area contributed by atoms with Gasteiger partial charge < -0.3 is 9.84 Å². The number of phenolic OH excluding ortho intramolecular Hbond substituents is 1. The largest absolute Gasteiger partial charge is 0.508 e. The number of phenols is 1. The summed E-state index contributed by atoms with van der Waals surface area (Å²) in [5, 5.41) is 9.54. The topological polar surface area (TPSA) is 32.7 Å². The monoisotopic (exact) mass is 313 g/mol. The first kappa shape index (κ1) is 13.8. The molecule has 1 aliphatic rings. The summed E-state index contributed by atoms with van der Waals surface area (Å²) in [7, 11) is 0. The number of piperidine rings is 1. The molecule has 0 radical (unpaired) electrons. The molecule has 1 fully saturated rings. The highest BCUT2D eigenvalue weighted by molar-refractivity contribution is 9.10. The number of benzene rings is 1. The van der Waals surface area contributed by atoms with Crippen LogP contribution in [0.2, 0.25) is 0 Å². The lowest BCUT2D eigenvalue weighted by atomic mass is 10.1. The Morgan fingerprint density at radius 2 is 2.33 bits per heavy atom. The molecule has 0 amide bonds. The van der Waals surface area contributed by atoms with E-state index in [4.69, 9.17) is 4.74 Å². The van der Waals surface area contributed by atoms with Crippen LogP contribution in [0, 0.1) is 0 Å². The Morgan fingerprint density at radius 3 is 3.11 bits per heavy atom. The number of halogens is 1. The summed E-state index contributed by atoms with van der Waals surface area (Å²) in [6.45, 7) is 5.78. The molecule has 18 heavy (non-hydrogen) atoms. The van der Waals surface area contributed by atoms with Crippen LogP contribution in [0.3, 0.4) is 0 Å². The van der Waals surface area contributed by atoms with Gasteiger partial charge in [0.15, 0.2) is 0 Å². The number of rotatable bonds is 4. The van der Waals surface area contributed by atoms with E-state index in [2.05, 4.69) is 20.8 Å². The fraction of sp³-hybridized carbons (Fsp3) is 0.571. The summed E-state index contributed by atoms with van der Waals surface area (Å²) in [6.07, 6.45) is 2.70. The smallest absolute Gasteiger partial charge is 0.115 e. The van der Waals surface area contributed by atoms with Crippen LogP contribution in [0.25, 0.3) is 0 Å². The van der Waals surface area contributed by atoms with E-state index in [1.807, 2.05) is 19.1 Å². The molecule has 4 heteroatoms. The minimum Gasteiger partial charge on any atom is -0.508 e. The van der Waals surface area contributed by atoms with Gasteiger partial charge in [-0.3, -0.25) is 4.90 Å². The number of hydrogen-bond donors (Lipinski definition) is 1. The van der Waals surface area contributed by atoms with Gasteiger partial charge in [-0.25, -0.2) is 0 Å². The maximum atomic E-state index is 9.54. The van der Waals surface area contributed by atoms with Gasteiger partial charge in [0.2, 0.25) is 0 Å². The number of nitrogens with zero attached hydrogens (tertiary/aromatic N) is 1. The van der Waals surface area contributed by atoms with Crippen LogP contribution in [0.15, 0.2) is 22.7 Å². The standard InChI is InChI=1S/C14H20BrNO2/c1-2-18-13-4-3-7-16(10-13)9-11-8-12(17)5-6-14(11)15/h5-6,8,13,17H,2-4,7,9-10H2,1H3. The van der Waals surface area contributed by atoms with E-state index >= 15 is 0 Å². The first-order chi connectivity index (χ1) is 8.69. The molecule has 1 aromatic carbocycles. The van der Waals surface area contributed by atoms with Crippen LogP contribution in [0.1, 0.15) is 25.3 Å². The van der Waals surface area contributed by atoms with Crippen molar-refractivity contribution in [3.63, 3.8) is 0 Å². The molecule has 0 saturated carbocycles. The second kappa shape index (κ2) is 6.55. The highest BCUT2D eigenvalue weighted by Gasteiger charge is 2.20. The molecule has 100 valence electrons. The van der Waals surface area contributed by atoms with Crippen molar-refractivity contribution >= 4 is 15.9 Å². The molecule has 1 N–H and O–H groups in total. The Bertz CT molecular complexity index is 395. The van der Waals surface area contributed by atoms with Crippen LogP contribution in [0.5, 0.6) is 5.75 Å². The zero-order chi connectivity index (χ0) is 13.0. The predicted octanol–water partition coefficient (Wildman–Crippen LogP) is 3.16. The van der Waals surface area contributed by atoms with E-state index in [1.54, 1.807) is 6.07 Å². The number of likely N-dealkylation sites (tertiary alicyclic amines) is 1. The fourth-order valence-electron chi connectivity index (χ4n) is 2.45. The minimum atomic E-state index is 0.326. The normalized spacial score (nSPS) is 21.1. The summed E-state index contributed by atoms with van der Waals surface area (Å²) in [5.74, 6) is 0.326. The first-order valence-electron chi connectivity index (χ1n) is 6.50. The van der Waals surface area contributed by atoms with E-state index in [-0.39, 0.29) is 0 Å². The van der Waals surface area contributed by atoms with Crippen molar-refractivity contribution in [2.45, 2.75) is 32.4 Å². The third-order valence-corrected chi connectivity index (χ3v) is 4.06. The van der Waals surface area contributed by atoms with Crippen LogP contribution < -0.4 is 0 Å². The zero-order valence-electron chi connectivity index (χ0n) is 10.7. The fourth-order valence-corrected chi connectivity index (χ4v) is 2.82. The molecule has 1 aromatic rings. The van der Waals surface area contributed by atoms with Crippen molar-refractivity contribution in [2.24, 2.45) is 0 Å². The molecule has 1 unspecified atom stereocenters. The molecule has 2 rings (SSSR count). The van der Waals surface area contributed by atoms with E-state index < -0.39 is 0 Å². The second-order valence-corrected chi connectivity index (χ2v) is 5.58. The molecule has 0 spiro atoms. The summed E-state index contributed by atoms with van der Waals surface area (Å²) in [4.78, 5) is 2.39. The van der Waals surface area contributed by atoms with Crippen LogP contribution in [-0.4, -0.2) is 35.8 Å². The number of ether oxygens (including phenoxy) is 1. The highest BCUT2D eigenvalue weighted by atomic mass is 79.9. The molecule has 1 aliphatic heterocycles. The van der Waals surface area contributed by atoms with Crippen LogP contribution in [0.4, 0.5) is 0 Å². The van der Waals surface area contributed by atoms with Crippen molar-refractivity contribution in [1.29, 1.82) is 0 Å². The maximum Gasteiger partial charge on any atom is 0.115 e. The maximum absolute atomic E-state index is 9.54. The SMILES string of the molecule is CCOC1CCCN(Cc2cc(O)ccc2Br)C1. The van der Waals surface area contributed by atoms with E-state index in [1.165, 1.54) is 6.42 Å². The first-order valence-corrected chi connectivity index (χ1v) is 7.29. The molecule has 0 aliphatic carbocycles. The van der Waals surface area contributed by atoms with Crippen molar-refractivity contribution in [3.8, 4) is 5.75 Å². The van der Waals surface area contributed by atoms with Gasteiger partial charge in [0, 0.05) is 24.2 Å². The lowest BCUT2D eigenvalue weighted by Crippen LogP contribution is -2.39. The quantitative estimate of drug-likeness (QED) is 0.927. The summed E-state index contributed by atoms with van der Waals surface area (Å²) in [6, 6.07) is 5.43.